The van der Waals surface area contributed by atoms with Gasteiger partial charge in [0.05, 0.1) is 0 Å². The first-order chi connectivity index (χ1) is 5.22. The highest BCUT2D eigenvalue weighted by Gasteiger charge is 2.15. The van der Waals surface area contributed by atoms with Gasteiger partial charge >= 0.3 is 5.97 Å². The van der Waals surface area contributed by atoms with Crippen LogP contribution < -0.4 is 11.3 Å². The molecule has 0 rings (SSSR count). The van der Waals surface area contributed by atoms with Gasteiger partial charge < -0.3 is 10.8 Å². The Morgan fingerprint density at radius 3 is 2.64 bits per heavy atom. The molecule has 0 aromatic rings. The van der Waals surface area contributed by atoms with Crippen molar-refractivity contribution in [3.05, 3.63) is 0 Å². The van der Waals surface area contributed by atoms with Gasteiger partial charge in [0.1, 0.15) is 6.04 Å². The normalized spacial score (nSPS) is 12.9. The van der Waals surface area contributed by atoms with Crippen LogP contribution in [0.4, 0.5) is 4.48 Å². The molecule has 4 N–H and O–H groups in total. The molecule has 0 aliphatic carbocycles. The SMILES string of the molecule is NCCCCC(NF)C(=O)O. The molecular weight excluding hydrogens is 151 g/mol. The minimum absolute atomic E-state index is 0.281. The Labute approximate surface area is 64.5 Å². The van der Waals surface area contributed by atoms with Crippen LogP contribution in [-0.4, -0.2) is 23.7 Å². The van der Waals surface area contributed by atoms with Crippen LogP contribution in [0.25, 0.3) is 0 Å². The molecule has 0 radical (unpaired) electrons. The predicted molar refractivity (Wildman–Crippen MR) is 38.6 cm³/mol. The van der Waals surface area contributed by atoms with E-state index in [9.17, 15) is 9.28 Å². The van der Waals surface area contributed by atoms with Crippen molar-refractivity contribution >= 4 is 5.97 Å². The lowest BCUT2D eigenvalue weighted by Crippen LogP contribution is -2.31. The lowest BCUT2D eigenvalue weighted by Gasteiger charge is -2.06. The third-order valence-corrected chi connectivity index (χ3v) is 1.38. The smallest absolute Gasteiger partial charge is 0.323 e. The summed E-state index contributed by atoms with van der Waals surface area (Å²) in [5, 5.41) is 8.34. The molecule has 0 saturated carbocycles. The molecule has 1 atom stereocenters. The zero-order valence-corrected chi connectivity index (χ0v) is 6.22. The Kier molecular flexibility index (Phi) is 5.68. The molecule has 0 amide bonds. The molecule has 0 bridgehead atoms. The molecule has 11 heavy (non-hydrogen) atoms. The van der Waals surface area contributed by atoms with E-state index in [2.05, 4.69) is 0 Å². The van der Waals surface area contributed by atoms with Gasteiger partial charge in [0.2, 0.25) is 0 Å². The predicted octanol–water partition coefficient (Wildman–Crippen LogP) is 0.0427. The number of nitrogens with one attached hydrogen (secondary N) is 1. The second-order valence-electron chi connectivity index (χ2n) is 2.28. The van der Waals surface area contributed by atoms with Crippen molar-refractivity contribution in [3.63, 3.8) is 0 Å². The first kappa shape index (κ1) is 10.3. The third kappa shape index (κ3) is 4.69. The average Bonchev–Trinajstić information content (AvgIpc) is 1.97. The first-order valence-corrected chi connectivity index (χ1v) is 3.51. The van der Waals surface area contributed by atoms with E-state index < -0.39 is 12.0 Å². The van der Waals surface area contributed by atoms with E-state index in [-0.39, 0.29) is 6.42 Å². The monoisotopic (exact) mass is 164 g/mol. The second kappa shape index (κ2) is 6.06. The molecule has 0 aliphatic rings. The topological polar surface area (TPSA) is 75.3 Å². The lowest BCUT2D eigenvalue weighted by atomic mass is 10.1. The van der Waals surface area contributed by atoms with Gasteiger partial charge in [0.15, 0.2) is 0 Å². The summed E-state index contributed by atoms with van der Waals surface area (Å²) in [5.74, 6) is -1.16. The fourth-order valence-corrected chi connectivity index (χ4v) is 0.717. The van der Waals surface area contributed by atoms with E-state index in [0.29, 0.717) is 13.0 Å². The zero-order valence-electron chi connectivity index (χ0n) is 6.22. The number of nitrogens with two attached hydrogens (primary N) is 1. The first-order valence-electron chi connectivity index (χ1n) is 3.51. The summed E-state index contributed by atoms with van der Waals surface area (Å²) in [4.78, 5) is 10.2. The van der Waals surface area contributed by atoms with E-state index in [4.69, 9.17) is 10.8 Å². The molecule has 0 aliphatic heterocycles. The number of hydrogen-bond donors (Lipinski definition) is 3. The Balaban J connectivity index is 3.44. The molecule has 0 fully saturated rings. The number of hydrogen-bond acceptors (Lipinski definition) is 3. The summed E-state index contributed by atoms with van der Waals surface area (Å²) in [6.07, 6.45) is 1.64. The van der Waals surface area contributed by atoms with Crippen LogP contribution in [-0.2, 0) is 4.79 Å². The number of aliphatic carboxylic acids is 1. The fraction of sp³-hybridized carbons (Fsp3) is 0.833. The van der Waals surface area contributed by atoms with Crippen molar-refractivity contribution in [2.24, 2.45) is 5.73 Å². The van der Waals surface area contributed by atoms with Crippen LogP contribution >= 0.6 is 0 Å². The second-order valence-corrected chi connectivity index (χ2v) is 2.28. The molecule has 0 aromatic heterocycles. The number of carboxylic acids is 1. The van der Waals surface area contributed by atoms with Crippen LogP contribution in [0, 0.1) is 0 Å². The maximum atomic E-state index is 11.7. The Bertz CT molecular complexity index is 121. The molecule has 5 heteroatoms. The van der Waals surface area contributed by atoms with Gasteiger partial charge in [-0.3, -0.25) is 4.79 Å². The number of rotatable bonds is 6. The molecule has 0 spiro atoms. The number of unbranched alkanes of at least 4 members (excludes halogenated alkanes) is 1. The quantitative estimate of drug-likeness (QED) is 0.383. The van der Waals surface area contributed by atoms with Gasteiger partial charge in [-0.15, -0.1) is 10.0 Å². The third-order valence-electron chi connectivity index (χ3n) is 1.38. The molecule has 1 unspecified atom stereocenters. The fourth-order valence-electron chi connectivity index (χ4n) is 0.717. The summed E-state index contributed by atoms with van der Waals surface area (Å²) >= 11 is 0. The van der Waals surface area contributed by atoms with E-state index in [1.165, 1.54) is 5.54 Å². The summed E-state index contributed by atoms with van der Waals surface area (Å²) in [7, 11) is 0. The van der Waals surface area contributed by atoms with Gasteiger partial charge in [-0.25, -0.2) is 0 Å². The maximum absolute atomic E-state index is 11.7. The maximum Gasteiger partial charge on any atom is 0.323 e. The van der Waals surface area contributed by atoms with Gasteiger partial charge in [0.25, 0.3) is 0 Å². The summed E-state index contributed by atoms with van der Waals surface area (Å²) in [5.41, 5.74) is 6.39. The highest BCUT2D eigenvalue weighted by molar-refractivity contribution is 5.73. The van der Waals surface area contributed by atoms with Gasteiger partial charge in [0, 0.05) is 0 Å². The van der Waals surface area contributed by atoms with E-state index in [1.807, 2.05) is 0 Å². The van der Waals surface area contributed by atoms with Gasteiger partial charge in [-0.05, 0) is 25.8 Å². The molecule has 66 valence electrons. The number of carbonyl (C=O) groups is 1. The lowest BCUT2D eigenvalue weighted by molar-refractivity contribution is -0.141. The molecule has 0 heterocycles. The van der Waals surface area contributed by atoms with Crippen molar-refractivity contribution in [3.8, 4) is 0 Å². The standard InChI is InChI=1S/C6H13FN2O2/c7-9-5(6(10)11)3-1-2-4-8/h5,9H,1-4,8H2,(H,10,11). The largest absolute Gasteiger partial charge is 0.480 e. The van der Waals surface area contributed by atoms with Crippen molar-refractivity contribution < 1.29 is 14.4 Å². The average molecular weight is 164 g/mol. The summed E-state index contributed by atoms with van der Waals surface area (Å²) in [6.45, 7) is 0.513. The van der Waals surface area contributed by atoms with E-state index in [0.717, 1.165) is 6.42 Å². The van der Waals surface area contributed by atoms with Gasteiger partial charge in [-0.2, -0.15) is 0 Å². The molecular formula is C6H13FN2O2. The van der Waals surface area contributed by atoms with Crippen LogP contribution in [0.2, 0.25) is 0 Å². The van der Waals surface area contributed by atoms with Crippen LogP contribution in [0.1, 0.15) is 19.3 Å². The van der Waals surface area contributed by atoms with E-state index >= 15 is 0 Å². The Morgan fingerprint density at radius 1 is 1.64 bits per heavy atom. The highest BCUT2D eigenvalue weighted by atomic mass is 19.2. The van der Waals surface area contributed by atoms with E-state index in [1.54, 1.807) is 0 Å². The Hall–Kier alpha value is -0.680. The number of halogens is 1. The van der Waals surface area contributed by atoms with Crippen LogP contribution in [0.5, 0.6) is 0 Å². The minimum atomic E-state index is -1.16. The van der Waals surface area contributed by atoms with Crippen LogP contribution in [0.15, 0.2) is 0 Å². The molecule has 0 saturated heterocycles. The molecule has 4 nitrogen and oxygen atoms in total. The van der Waals surface area contributed by atoms with Crippen molar-refractivity contribution in [2.45, 2.75) is 25.3 Å². The number of carboxylic acid groups (broad SMARTS) is 1. The van der Waals surface area contributed by atoms with Crippen LogP contribution in [0.3, 0.4) is 0 Å². The van der Waals surface area contributed by atoms with Crippen molar-refractivity contribution in [1.82, 2.24) is 5.54 Å². The molecule has 0 aromatic carbocycles. The minimum Gasteiger partial charge on any atom is -0.480 e. The van der Waals surface area contributed by atoms with Crippen molar-refractivity contribution in [1.29, 1.82) is 0 Å². The Morgan fingerprint density at radius 2 is 2.27 bits per heavy atom. The highest BCUT2D eigenvalue weighted by Crippen LogP contribution is 2.00. The zero-order chi connectivity index (χ0) is 8.69. The summed E-state index contributed by atoms with van der Waals surface area (Å²) in [6, 6.07) is -1.08. The summed E-state index contributed by atoms with van der Waals surface area (Å²) < 4.78 is 11.7. The van der Waals surface area contributed by atoms with Gasteiger partial charge in [-0.1, -0.05) is 0 Å². The van der Waals surface area contributed by atoms with Crippen molar-refractivity contribution in [2.75, 3.05) is 6.54 Å².